The van der Waals surface area contributed by atoms with E-state index in [1.807, 2.05) is 43.3 Å². The number of rotatable bonds is 9. The molecule has 48 heavy (non-hydrogen) atoms. The second-order valence-electron chi connectivity index (χ2n) is 11.3. The predicted octanol–water partition coefficient (Wildman–Crippen LogP) is 9.15. The predicted molar refractivity (Wildman–Crippen MR) is 192 cm³/mol. The number of thioether (sulfide) groups is 1. The van der Waals surface area contributed by atoms with Crippen molar-refractivity contribution in [1.82, 2.24) is 10.2 Å². The normalized spacial score (nSPS) is 15.7. The lowest BCUT2D eigenvalue weighted by atomic mass is 9.95. The van der Waals surface area contributed by atoms with Gasteiger partial charge in [0.1, 0.15) is 18.1 Å². The van der Waals surface area contributed by atoms with E-state index >= 15 is 0 Å². The van der Waals surface area contributed by atoms with Crippen molar-refractivity contribution in [3.63, 3.8) is 0 Å². The highest BCUT2D eigenvalue weighted by Crippen LogP contribution is 2.44. The minimum absolute atomic E-state index is 0.0594. The van der Waals surface area contributed by atoms with Crippen LogP contribution in [0.3, 0.4) is 0 Å². The van der Waals surface area contributed by atoms with Crippen molar-refractivity contribution >= 4 is 68.1 Å². The van der Waals surface area contributed by atoms with Gasteiger partial charge in [-0.3, -0.25) is 14.5 Å². The molecule has 10 heteroatoms. The summed E-state index contributed by atoms with van der Waals surface area (Å²) in [5.41, 5.74) is 4.20. The Hall–Kier alpha value is -4.96. The number of ketones is 1. The van der Waals surface area contributed by atoms with Gasteiger partial charge in [-0.05, 0) is 70.8 Å². The minimum atomic E-state index is -0.968. The van der Waals surface area contributed by atoms with Crippen molar-refractivity contribution < 1.29 is 19.4 Å². The third-order valence-corrected chi connectivity index (χ3v) is 10.4. The highest BCUT2D eigenvalue weighted by molar-refractivity contribution is 8.00. The number of aliphatic hydroxyl groups excluding tert-OH is 1. The summed E-state index contributed by atoms with van der Waals surface area (Å²) in [7, 11) is 0. The van der Waals surface area contributed by atoms with E-state index in [4.69, 9.17) is 16.3 Å². The lowest BCUT2D eigenvalue weighted by molar-refractivity contribution is -0.132. The quantitative estimate of drug-likeness (QED) is 0.0532. The van der Waals surface area contributed by atoms with Crippen molar-refractivity contribution in [1.29, 1.82) is 0 Å². The number of aliphatic hydroxyl groups is 1. The van der Waals surface area contributed by atoms with Crippen LogP contribution in [0.1, 0.15) is 33.9 Å². The average molecular weight is 690 g/mol. The molecule has 1 saturated heterocycles. The van der Waals surface area contributed by atoms with Crippen LogP contribution in [0, 0.1) is 6.92 Å². The topological polar surface area (TPSA) is 92.6 Å². The zero-order valence-electron chi connectivity index (χ0n) is 25.7. The number of benzene rings is 5. The van der Waals surface area contributed by atoms with Crippen LogP contribution in [0.2, 0.25) is 5.02 Å². The number of nitrogens with zero attached hydrogens (tertiary/aromatic N) is 3. The van der Waals surface area contributed by atoms with Gasteiger partial charge in [-0.15, -0.1) is 10.2 Å². The second kappa shape index (κ2) is 13.6. The fourth-order valence-electron chi connectivity index (χ4n) is 5.77. The molecule has 1 aliphatic heterocycles. The molecule has 7 nitrogen and oxygen atoms in total. The van der Waals surface area contributed by atoms with Gasteiger partial charge in [-0.1, -0.05) is 119 Å². The van der Waals surface area contributed by atoms with Crippen LogP contribution in [0.15, 0.2) is 125 Å². The molecule has 0 bridgehead atoms. The SMILES string of the molecule is Cc1cccc(COc2ccc(/C(O)=C3\C(=O)C(=O)N(c4nnc(SCc5cccc6ccccc56)s4)C3c3cccc(Cl)c3)cc2)c1. The van der Waals surface area contributed by atoms with Crippen molar-refractivity contribution in [2.45, 2.75) is 29.7 Å². The van der Waals surface area contributed by atoms with Crippen molar-refractivity contribution in [3.05, 3.63) is 154 Å². The van der Waals surface area contributed by atoms with Gasteiger partial charge in [0.05, 0.1) is 11.6 Å². The maximum atomic E-state index is 13.7. The number of fused-ring (bicyclic) bond motifs is 1. The summed E-state index contributed by atoms with van der Waals surface area (Å²) < 4.78 is 6.58. The fraction of sp³-hybridized carbons (Fsp3) is 0.105. The molecule has 0 radical (unpaired) electrons. The molecule has 1 aliphatic rings. The van der Waals surface area contributed by atoms with Crippen LogP contribution in [0.25, 0.3) is 16.5 Å². The Morgan fingerprint density at radius 3 is 2.50 bits per heavy atom. The summed E-state index contributed by atoms with van der Waals surface area (Å²) in [5, 5.41) is 23.3. The molecule has 2 heterocycles. The molecule has 5 aromatic carbocycles. The molecule has 0 saturated carbocycles. The van der Waals surface area contributed by atoms with Gasteiger partial charge in [0.25, 0.3) is 5.78 Å². The van der Waals surface area contributed by atoms with E-state index in [1.54, 1.807) is 48.5 Å². The maximum absolute atomic E-state index is 13.7. The number of hydrogen-bond donors (Lipinski definition) is 1. The molecule has 0 aliphatic carbocycles. The molecular formula is C38H28ClN3O4S2. The van der Waals surface area contributed by atoms with Gasteiger partial charge in [0.2, 0.25) is 5.13 Å². The van der Waals surface area contributed by atoms with Crippen LogP contribution in [0.4, 0.5) is 5.13 Å². The van der Waals surface area contributed by atoms with Crippen LogP contribution in [0.5, 0.6) is 5.75 Å². The van der Waals surface area contributed by atoms with Crippen LogP contribution in [-0.2, 0) is 21.9 Å². The van der Waals surface area contributed by atoms with Crippen molar-refractivity contribution in [2.75, 3.05) is 4.90 Å². The van der Waals surface area contributed by atoms with Gasteiger partial charge in [0.15, 0.2) is 4.34 Å². The van der Waals surface area contributed by atoms with Gasteiger partial charge in [-0.2, -0.15) is 0 Å². The van der Waals surface area contributed by atoms with E-state index < -0.39 is 17.7 Å². The summed E-state index contributed by atoms with van der Waals surface area (Å²) in [6.45, 7) is 2.41. The number of halogens is 1. The number of anilines is 1. The summed E-state index contributed by atoms with van der Waals surface area (Å²) in [6.07, 6.45) is 0. The van der Waals surface area contributed by atoms with E-state index in [2.05, 4.69) is 40.5 Å². The first kappa shape index (κ1) is 31.6. The molecular weight excluding hydrogens is 662 g/mol. The number of hydrogen-bond acceptors (Lipinski definition) is 8. The molecule has 1 fully saturated rings. The number of aromatic nitrogens is 2. The molecule has 6 aromatic rings. The zero-order chi connectivity index (χ0) is 33.2. The third kappa shape index (κ3) is 6.44. The highest BCUT2D eigenvalue weighted by Gasteiger charge is 2.48. The smallest absolute Gasteiger partial charge is 0.301 e. The average Bonchev–Trinajstić information content (AvgIpc) is 3.67. The van der Waals surface area contributed by atoms with E-state index in [0.717, 1.165) is 27.5 Å². The lowest BCUT2D eigenvalue weighted by Crippen LogP contribution is -2.29. The Labute approximate surface area is 290 Å². The Kier molecular flexibility index (Phi) is 8.99. The molecule has 238 valence electrons. The monoisotopic (exact) mass is 689 g/mol. The first-order chi connectivity index (χ1) is 23.4. The second-order valence-corrected chi connectivity index (χ2v) is 13.9. The summed E-state index contributed by atoms with van der Waals surface area (Å²) in [6, 6.07) is 35.1. The molecule has 1 unspecified atom stereocenters. The Balaban J connectivity index is 1.18. The first-order valence-electron chi connectivity index (χ1n) is 15.1. The summed E-state index contributed by atoms with van der Waals surface area (Å²) in [5.74, 6) is -0.681. The zero-order valence-corrected chi connectivity index (χ0v) is 28.1. The number of carbonyl (C=O) groups is 2. The number of aryl methyl sites for hydroxylation is 1. The number of Topliss-reactive ketones (excluding diaryl/α,β-unsaturated/α-hetero) is 1. The van der Waals surface area contributed by atoms with E-state index in [9.17, 15) is 14.7 Å². The van der Waals surface area contributed by atoms with E-state index in [-0.39, 0.29) is 16.5 Å². The Bertz CT molecular complexity index is 2190. The van der Waals surface area contributed by atoms with Crippen LogP contribution in [-0.4, -0.2) is 27.0 Å². The van der Waals surface area contributed by atoms with Gasteiger partial charge >= 0.3 is 5.91 Å². The van der Waals surface area contributed by atoms with Gasteiger partial charge in [0, 0.05) is 16.3 Å². The van der Waals surface area contributed by atoms with Gasteiger partial charge < -0.3 is 9.84 Å². The Morgan fingerprint density at radius 2 is 1.69 bits per heavy atom. The van der Waals surface area contributed by atoms with Crippen LogP contribution < -0.4 is 9.64 Å². The molecule has 1 N–H and O–H groups in total. The maximum Gasteiger partial charge on any atom is 0.301 e. The largest absolute Gasteiger partial charge is 0.507 e. The highest BCUT2D eigenvalue weighted by atomic mass is 35.5. The van der Waals surface area contributed by atoms with Crippen LogP contribution >= 0.6 is 34.7 Å². The minimum Gasteiger partial charge on any atom is -0.507 e. The molecule has 0 spiro atoms. The summed E-state index contributed by atoms with van der Waals surface area (Å²) >= 11 is 9.09. The summed E-state index contributed by atoms with van der Waals surface area (Å²) in [4.78, 5) is 28.6. The van der Waals surface area contributed by atoms with Crippen molar-refractivity contribution in [2.24, 2.45) is 0 Å². The molecule has 1 amide bonds. The fourth-order valence-corrected chi connectivity index (χ4v) is 7.84. The number of carbonyl (C=O) groups excluding carboxylic acids is 2. The number of ether oxygens (including phenoxy) is 1. The molecule has 1 atom stereocenters. The van der Waals surface area contributed by atoms with Crippen molar-refractivity contribution in [3.8, 4) is 5.75 Å². The van der Waals surface area contributed by atoms with E-state index in [1.165, 1.54) is 28.0 Å². The van der Waals surface area contributed by atoms with E-state index in [0.29, 0.717) is 38.6 Å². The molecule has 7 rings (SSSR count). The lowest BCUT2D eigenvalue weighted by Gasteiger charge is -2.22. The number of amides is 1. The first-order valence-corrected chi connectivity index (χ1v) is 17.3. The molecule has 1 aromatic heterocycles. The standard InChI is InChI=1S/C38H28ClN3O4S2/c1-23-7-4-8-24(19-23)21-46-30-17-15-26(16-18-30)34(43)32-33(27-11-6-13-29(39)20-27)42(36(45)35(32)44)37-40-41-38(48-37)47-22-28-12-5-10-25-9-2-3-14-31(25)28/h2-20,33,43H,21-22H2,1H3/b34-32+. The Morgan fingerprint density at radius 1 is 0.917 bits per heavy atom. The third-order valence-electron chi connectivity index (χ3n) is 8.06. The van der Waals surface area contributed by atoms with Gasteiger partial charge in [-0.25, -0.2) is 0 Å².